The maximum Gasteiger partial charge on any atom is 0.251 e. The van der Waals surface area contributed by atoms with Gasteiger partial charge < -0.3 is 10.6 Å². The zero-order valence-corrected chi connectivity index (χ0v) is 19.1. The molecule has 0 bridgehead atoms. The van der Waals surface area contributed by atoms with Crippen LogP contribution in [0.15, 0.2) is 78.0 Å². The number of nitrogens with zero attached hydrogens (tertiary/aromatic N) is 1. The standard InChI is InChI=1S/C24H26N4O4S/c1-18-7-8-21(15-22(18)33(31,32)28-17-19-5-3-2-4-6-19)24(30)26-14-11-23(29)27-16-20-9-12-25-13-10-20/h2-10,12-13,15,28H,11,14,16-17H2,1H3,(H,26,30)(H,27,29). The number of amides is 2. The Bertz CT molecular complexity index is 1200. The second kappa shape index (κ2) is 11.3. The summed E-state index contributed by atoms with van der Waals surface area (Å²) in [5.74, 6) is -0.652. The Hall–Kier alpha value is -3.56. The van der Waals surface area contributed by atoms with Gasteiger partial charge in [0.2, 0.25) is 15.9 Å². The first-order chi connectivity index (χ1) is 15.8. The molecule has 0 unspecified atom stereocenters. The van der Waals surface area contributed by atoms with Crippen molar-refractivity contribution in [2.75, 3.05) is 6.54 Å². The molecule has 0 aliphatic rings. The molecule has 0 atom stereocenters. The molecule has 33 heavy (non-hydrogen) atoms. The molecule has 0 aliphatic carbocycles. The van der Waals surface area contributed by atoms with Crippen molar-refractivity contribution in [2.24, 2.45) is 0 Å². The Morgan fingerprint density at radius 3 is 2.30 bits per heavy atom. The van der Waals surface area contributed by atoms with Crippen LogP contribution in [-0.4, -0.2) is 31.8 Å². The number of rotatable bonds is 10. The number of pyridine rings is 1. The Labute approximate surface area is 193 Å². The van der Waals surface area contributed by atoms with E-state index in [-0.39, 0.29) is 35.9 Å². The summed E-state index contributed by atoms with van der Waals surface area (Å²) in [6.07, 6.45) is 3.40. The Balaban J connectivity index is 1.54. The molecule has 172 valence electrons. The molecule has 0 aliphatic heterocycles. The van der Waals surface area contributed by atoms with Gasteiger partial charge in [-0.2, -0.15) is 0 Å². The highest BCUT2D eigenvalue weighted by atomic mass is 32.2. The van der Waals surface area contributed by atoms with Crippen molar-refractivity contribution >= 4 is 21.8 Å². The molecular weight excluding hydrogens is 440 g/mol. The molecular formula is C24H26N4O4S. The lowest BCUT2D eigenvalue weighted by molar-refractivity contribution is -0.121. The van der Waals surface area contributed by atoms with Gasteiger partial charge in [-0.1, -0.05) is 36.4 Å². The minimum absolute atomic E-state index is 0.0428. The second-order valence-electron chi connectivity index (χ2n) is 7.43. The number of benzene rings is 2. The van der Waals surface area contributed by atoms with Crippen molar-refractivity contribution in [1.29, 1.82) is 0 Å². The van der Waals surface area contributed by atoms with Crippen molar-refractivity contribution in [3.8, 4) is 0 Å². The van der Waals surface area contributed by atoms with Gasteiger partial charge >= 0.3 is 0 Å². The fourth-order valence-electron chi connectivity index (χ4n) is 3.06. The van der Waals surface area contributed by atoms with Gasteiger partial charge in [0.25, 0.3) is 5.91 Å². The fourth-order valence-corrected chi connectivity index (χ4v) is 4.35. The lowest BCUT2D eigenvalue weighted by Gasteiger charge is -2.12. The third-order valence-electron chi connectivity index (χ3n) is 4.93. The van der Waals surface area contributed by atoms with Crippen molar-refractivity contribution in [3.63, 3.8) is 0 Å². The van der Waals surface area contributed by atoms with Crippen LogP contribution >= 0.6 is 0 Å². The van der Waals surface area contributed by atoms with E-state index in [2.05, 4.69) is 20.3 Å². The van der Waals surface area contributed by atoms with Crippen LogP contribution in [0.25, 0.3) is 0 Å². The van der Waals surface area contributed by atoms with Crippen LogP contribution in [0.3, 0.4) is 0 Å². The average molecular weight is 467 g/mol. The molecule has 2 amide bonds. The van der Waals surface area contributed by atoms with Gasteiger partial charge in [-0.25, -0.2) is 13.1 Å². The highest BCUT2D eigenvalue weighted by Gasteiger charge is 2.19. The predicted molar refractivity (Wildman–Crippen MR) is 125 cm³/mol. The van der Waals surface area contributed by atoms with Crippen molar-refractivity contribution in [2.45, 2.75) is 31.3 Å². The number of nitrogens with one attached hydrogen (secondary N) is 3. The van der Waals surface area contributed by atoms with E-state index in [9.17, 15) is 18.0 Å². The van der Waals surface area contributed by atoms with Crippen molar-refractivity contribution in [3.05, 3.63) is 95.3 Å². The van der Waals surface area contributed by atoms with Crippen LogP contribution in [0.5, 0.6) is 0 Å². The van der Waals surface area contributed by atoms with Gasteiger partial charge in [0.15, 0.2) is 0 Å². The number of hydrogen-bond donors (Lipinski definition) is 3. The zero-order valence-electron chi connectivity index (χ0n) is 18.2. The minimum atomic E-state index is -3.81. The summed E-state index contributed by atoms with van der Waals surface area (Å²) in [4.78, 5) is 28.5. The van der Waals surface area contributed by atoms with Crippen molar-refractivity contribution in [1.82, 2.24) is 20.3 Å². The van der Waals surface area contributed by atoms with Crippen LogP contribution in [0.2, 0.25) is 0 Å². The number of carbonyl (C=O) groups is 2. The number of sulfonamides is 1. The van der Waals surface area contributed by atoms with Crippen LogP contribution in [0, 0.1) is 6.92 Å². The fraction of sp³-hybridized carbons (Fsp3) is 0.208. The van der Waals surface area contributed by atoms with E-state index >= 15 is 0 Å². The third-order valence-corrected chi connectivity index (χ3v) is 6.47. The molecule has 8 nitrogen and oxygen atoms in total. The summed E-state index contributed by atoms with van der Waals surface area (Å²) in [7, 11) is -3.81. The number of aryl methyl sites for hydroxylation is 1. The van der Waals surface area contributed by atoms with E-state index in [0.717, 1.165) is 11.1 Å². The molecule has 3 rings (SSSR count). The normalized spacial score (nSPS) is 11.1. The summed E-state index contributed by atoms with van der Waals surface area (Å²) in [5, 5.41) is 5.43. The topological polar surface area (TPSA) is 117 Å². The highest BCUT2D eigenvalue weighted by Crippen LogP contribution is 2.17. The van der Waals surface area contributed by atoms with Crippen LogP contribution in [0.1, 0.15) is 33.5 Å². The van der Waals surface area contributed by atoms with Crippen LogP contribution < -0.4 is 15.4 Å². The smallest absolute Gasteiger partial charge is 0.251 e. The molecule has 9 heteroatoms. The summed E-state index contributed by atoms with van der Waals surface area (Å²) >= 11 is 0. The van der Waals surface area contributed by atoms with E-state index in [1.807, 2.05) is 30.3 Å². The third kappa shape index (κ3) is 7.23. The first-order valence-corrected chi connectivity index (χ1v) is 11.9. The van der Waals surface area contributed by atoms with Gasteiger partial charge in [-0.15, -0.1) is 0 Å². The molecule has 0 saturated heterocycles. The number of aromatic nitrogens is 1. The van der Waals surface area contributed by atoms with Gasteiger partial charge in [0, 0.05) is 44.0 Å². The van der Waals surface area contributed by atoms with Crippen LogP contribution in [0.4, 0.5) is 0 Å². The zero-order chi connectivity index (χ0) is 23.7. The maximum atomic E-state index is 12.8. The number of carbonyl (C=O) groups excluding carboxylic acids is 2. The molecule has 0 spiro atoms. The molecule has 3 N–H and O–H groups in total. The lowest BCUT2D eigenvalue weighted by atomic mass is 10.1. The first-order valence-electron chi connectivity index (χ1n) is 10.4. The van der Waals surface area contributed by atoms with Gasteiger partial charge in [-0.05, 0) is 47.9 Å². The van der Waals surface area contributed by atoms with E-state index in [4.69, 9.17) is 0 Å². The largest absolute Gasteiger partial charge is 0.352 e. The van der Waals surface area contributed by atoms with Crippen LogP contribution in [-0.2, 0) is 27.9 Å². The molecule has 0 radical (unpaired) electrons. The SMILES string of the molecule is Cc1ccc(C(=O)NCCC(=O)NCc2ccncc2)cc1S(=O)(=O)NCc1ccccc1. The highest BCUT2D eigenvalue weighted by molar-refractivity contribution is 7.89. The Morgan fingerprint density at radius 2 is 1.58 bits per heavy atom. The molecule has 3 aromatic rings. The van der Waals surface area contributed by atoms with Gasteiger partial charge in [-0.3, -0.25) is 14.6 Å². The van der Waals surface area contributed by atoms with Gasteiger partial charge in [0.1, 0.15) is 0 Å². The Morgan fingerprint density at radius 1 is 0.879 bits per heavy atom. The lowest BCUT2D eigenvalue weighted by Crippen LogP contribution is -2.31. The molecule has 0 fully saturated rings. The first kappa shape index (κ1) is 24.1. The molecule has 1 aromatic heterocycles. The Kier molecular flexibility index (Phi) is 8.28. The predicted octanol–water partition coefficient (Wildman–Crippen LogP) is 2.30. The summed E-state index contributed by atoms with van der Waals surface area (Å²) < 4.78 is 28.2. The molecule has 0 saturated carbocycles. The van der Waals surface area contributed by atoms with E-state index in [0.29, 0.717) is 12.1 Å². The van der Waals surface area contributed by atoms with E-state index in [1.54, 1.807) is 43.6 Å². The van der Waals surface area contributed by atoms with E-state index < -0.39 is 15.9 Å². The number of hydrogen-bond acceptors (Lipinski definition) is 5. The summed E-state index contributed by atoms with van der Waals surface area (Å²) in [6, 6.07) is 17.3. The quantitative estimate of drug-likeness (QED) is 0.424. The van der Waals surface area contributed by atoms with Gasteiger partial charge in [0.05, 0.1) is 4.90 Å². The molecule has 2 aromatic carbocycles. The minimum Gasteiger partial charge on any atom is -0.352 e. The maximum absolute atomic E-state index is 12.8. The monoisotopic (exact) mass is 466 g/mol. The van der Waals surface area contributed by atoms with Crippen molar-refractivity contribution < 1.29 is 18.0 Å². The summed E-state index contributed by atoms with van der Waals surface area (Å²) in [6.45, 7) is 2.33. The van der Waals surface area contributed by atoms with E-state index in [1.165, 1.54) is 6.07 Å². The second-order valence-corrected chi connectivity index (χ2v) is 9.16. The molecule has 1 heterocycles. The average Bonchev–Trinajstić information content (AvgIpc) is 2.83. The summed E-state index contributed by atoms with van der Waals surface area (Å²) in [5.41, 5.74) is 2.49.